The fraction of sp³-hybridized carbons (Fsp3) is 0.227. The molecule has 29 heavy (non-hydrogen) atoms. The van der Waals surface area contributed by atoms with Crippen LogP contribution in [0.5, 0.6) is 11.5 Å². The summed E-state index contributed by atoms with van der Waals surface area (Å²) < 4.78 is 15.7. The van der Waals surface area contributed by atoms with E-state index in [1.165, 1.54) is 12.1 Å². The van der Waals surface area contributed by atoms with E-state index in [1.807, 2.05) is 30.3 Å². The monoisotopic (exact) mass is 394 g/mol. The van der Waals surface area contributed by atoms with Crippen LogP contribution in [0.1, 0.15) is 19.4 Å². The SMILES string of the molecule is CCOC(=O)COc1cc(/C=C2/C(=O)N(c3ccccc3)N=C2C)ccc1OC. The molecule has 150 valence electrons. The Morgan fingerprint density at radius 3 is 2.59 bits per heavy atom. The molecule has 0 aliphatic carbocycles. The molecule has 1 heterocycles. The van der Waals surface area contributed by atoms with Gasteiger partial charge < -0.3 is 14.2 Å². The summed E-state index contributed by atoms with van der Waals surface area (Å²) in [5, 5.41) is 5.75. The molecule has 7 nitrogen and oxygen atoms in total. The first-order chi connectivity index (χ1) is 14.0. The fourth-order valence-electron chi connectivity index (χ4n) is 2.83. The zero-order valence-corrected chi connectivity index (χ0v) is 16.5. The van der Waals surface area contributed by atoms with E-state index in [-0.39, 0.29) is 19.1 Å². The van der Waals surface area contributed by atoms with Crippen molar-refractivity contribution in [3.8, 4) is 11.5 Å². The largest absolute Gasteiger partial charge is 0.493 e. The van der Waals surface area contributed by atoms with Gasteiger partial charge in [0.05, 0.1) is 30.7 Å². The third kappa shape index (κ3) is 4.63. The van der Waals surface area contributed by atoms with Crippen LogP contribution >= 0.6 is 0 Å². The summed E-state index contributed by atoms with van der Waals surface area (Å²) in [6.45, 7) is 3.57. The summed E-state index contributed by atoms with van der Waals surface area (Å²) in [4.78, 5) is 24.4. The molecule has 0 bridgehead atoms. The number of carbonyl (C=O) groups is 2. The number of amides is 1. The Morgan fingerprint density at radius 2 is 1.90 bits per heavy atom. The van der Waals surface area contributed by atoms with Gasteiger partial charge in [0.2, 0.25) is 0 Å². The number of methoxy groups -OCH3 is 1. The number of rotatable bonds is 7. The summed E-state index contributed by atoms with van der Waals surface area (Å²) in [6, 6.07) is 14.5. The molecule has 0 atom stereocenters. The molecule has 0 saturated heterocycles. The second-order valence-electron chi connectivity index (χ2n) is 6.20. The number of anilines is 1. The highest BCUT2D eigenvalue weighted by Gasteiger charge is 2.28. The lowest BCUT2D eigenvalue weighted by atomic mass is 10.1. The van der Waals surface area contributed by atoms with Crippen molar-refractivity contribution >= 4 is 29.4 Å². The predicted molar refractivity (Wildman–Crippen MR) is 110 cm³/mol. The van der Waals surface area contributed by atoms with E-state index < -0.39 is 5.97 Å². The first-order valence-electron chi connectivity index (χ1n) is 9.16. The summed E-state index contributed by atoms with van der Waals surface area (Å²) in [5.74, 6) is 0.185. The van der Waals surface area contributed by atoms with E-state index in [9.17, 15) is 9.59 Å². The molecule has 0 radical (unpaired) electrons. The van der Waals surface area contributed by atoms with Gasteiger partial charge in [-0.3, -0.25) is 4.79 Å². The van der Waals surface area contributed by atoms with Crippen LogP contribution in [-0.2, 0) is 14.3 Å². The quantitative estimate of drug-likeness (QED) is 0.531. The molecule has 0 spiro atoms. The Morgan fingerprint density at radius 1 is 1.14 bits per heavy atom. The smallest absolute Gasteiger partial charge is 0.344 e. The van der Waals surface area contributed by atoms with Crippen LogP contribution in [0, 0.1) is 0 Å². The molecular weight excluding hydrogens is 372 g/mol. The fourth-order valence-corrected chi connectivity index (χ4v) is 2.83. The van der Waals surface area contributed by atoms with E-state index in [0.717, 1.165) is 5.56 Å². The van der Waals surface area contributed by atoms with Crippen molar-refractivity contribution in [2.45, 2.75) is 13.8 Å². The maximum absolute atomic E-state index is 12.8. The topological polar surface area (TPSA) is 77.4 Å². The van der Waals surface area contributed by atoms with Gasteiger partial charge in [0, 0.05) is 0 Å². The van der Waals surface area contributed by atoms with Crippen LogP contribution in [-0.4, -0.2) is 37.9 Å². The summed E-state index contributed by atoms with van der Waals surface area (Å²) >= 11 is 0. The van der Waals surface area contributed by atoms with E-state index >= 15 is 0 Å². The van der Waals surface area contributed by atoms with Crippen molar-refractivity contribution in [3.63, 3.8) is 0 Å². The van der Waals surface area contributed by atoms with Crippen molar-refractivity contribution in [3.05, 3.63) is 59.7 Å². The molecular formula is C22H22N2O5. The molecule has 1 aliphatic heterocycles. The average Bonchev–Trinajstić information content (AvgIpc) is 3.01. The van der Waals surface area contributed by atoms with Crippen LogP contribution in [0.15, 0.2) is 59.2 Å². The highest BCUT2D eigenvalue weighted by atomic mass is 16.6. The number of para-hydroxylation sites is 1. The Hall–Kier alpha value is -3.61. The zero-order chi connectivity index (χ0) is 20.8. The van der Waals surface area contributed by atoms with Crippen LogP contribution in [0.2, 0.25) is 0 Å². The third-order valence-electron chi connectivity index (χ3n) is 4.21. The predicted octanol–water partition coefficient (Wildman–Crippen LogP) is 3.44. The van der Waals surface area contributed by atoms with Gasteiger partial charge in [-0.25, -0.2) is 4.79 Å². The van der Waals surface area contributed by atoms with Crippen molar-refractivity contribution < 1.29 is 23.8 Å². The van der Waals surface area contributed by atoms with Gasteiger partial charge in [-0.15, -0.1) is 0 Å². The van der Waals surface area contributed by atoms with E-state index in [1.54, 1.807) is 38.1 Å². The standard InChI is InChI=1S/C22H22N2O5/c1-4-28-21(25)14-29-20-13-16(10-11-19(20)27-3)12-18-15(2)23-24(22(18)26)17-8-6-5-7-9-17/h5-13H,4,14H2,1-3H3/b18-12+. The van der Waals surface area contributed by atoms with Gasteiger partial charge in [-0.05, 0) is 49.8 Å². The van der Waals surface area contributed by atoms with Crippen molar-refractivity contribution in [2.24, 2.45) is 5.10 Å². The second-order valence-corrected chi connectivity index (χ2v) is 6.20. The van der Waals surface area contributed by atoms with Crippen molar-refractivity contribution in [2.75, 3.05) is 25.3 Å². The summed E-state index contributed by atoms with van der Waals surface area (Å²) in [5.41, 5.74) is 2.52. The Balaban J connectivity index is 1.84. The number of esters is 1. The number of carbonyl (C=O) groups excluding carboxylic acids is 2. The lowest BCUT2D eigenvalue weighted by Gasteiger charge is -2.12. The normalized spacial score (nSPS) is 14.7. The van der Waals surface area contributed by atoms with Crippen LogP contribution in [0.4, 0.5) is 5.69 Å². The zero-order valence-electron chi connectivity index (χ0n) is 16.5. The number of ether oxygens (including phenoxy) is 3. The minimum absolute atomic E-state index is 0.210. The van der Waals surface area contributed by atoms with Gasteiger partial charge in [0.25, 0.3) is 5.91 Å². The third-order valence-corrected chi connectivity index (χ3v) is 4.21. The molecule has 1 aliphatic rings. The molecule has 0 saturated carbocycles. The number of hydrazone groups is 1. The first kappa shape index (κ1) is 20.1. The van der Waals surface area contributed by atoms with Gasteiger partial charge in [0.15, 0.2) is 18.1 Å². The first-order valence-corrected chi connectivity index (χ1v) is 9.16. The molecule has 2 aromatic rings. The van der Waals surface area contributed by atoms with Crippen molar-refractivity contribution in [1.82, 2.24) is 0 Å². The molecule has 0 N–H and O–H groups in total. The molecule has 0 aromatic heterocycles. The maximum atomic E-state index is 12.8. The molecule has 0 unspecified atom stereocenters. The molecule has 3 rings (SSSR count). The number of benzene rings is 2. The van der Waals surface area contributed by atoms with E-state index in [2.05, 4.69) is 5.10 Å². The lowest BCUT2D eigenvalue weighted by Crippen LogP contribution is -2.21. The van der Waals surface area contributed by atoms with Crippen LogP contribution in [0.3, 0.4) is 0 Å². The highest BCUT2D eigenvalue weighted by Crippen LogP contribution is 2.30. The van der Waals surface area contributed by atoms with E-state index in [0.29, 0.717) is 28.5 Å². The summed E-state index contributed by atoms with van der Waals surface area (Å²) in [7, 11) is 1.51. The molecule has 0 fully saturated rings. The lowest BCUT2D eigenvalue weighted by molar-refractivity contribution is -0.145. The Labute approximate surface area is 169 Å². The van der Waals surface area contributed by atoms with Gasteiger partial charge >= 0.3 is 5.97 Å². The highest BCUT2D eigenvalue weighted by molar-refractivity contribution is 6.32. The summed E-state index contributed by atoms with van der Waals surface area (Å²) in [6.07, 6.45) is 1.74. The van der Waals surface area contributed by atoms with Gasteiger partial charge in [-0.1, -0.05) is 24.3 Å². The van der Waals surface area contributed by atoms with Crippen LogP contribution in [0.25, 0.3) is 6.08 Å². The number of hydrogen-bond donors (Lipinski definition) is 0. The number of nitrogens with zero attached hydrogens (tertiary/aromatic N) is 2. The minimum Gasteiger partial charge on any atom is -0.493 e. The number of hydrogen-bond acceptors (Lipinski definition) is 6. The van der Waals surface area contributed by atoms with Crippen LogP contribution < -0.4 is 14.5 Å². The second kappa shape index (κ2) is 9.05. The minimum atomic E-state index is -0.467. The van der Waals surface area contributed by atoms with Gasteiger partial charge in [-0.2, -0.15) is 10.1 Å². The van der Waals surface area contributed by atoms with Gasteiger partial charge in [0.1, 0.15) is 0 Å². The maximum Gasteiger partial charge on any atom is 0.344 e. The van der Waals surface area contributed by atoms with E-state index in [4.69, 9.17) is 14.2 Å². The Kier molecular flexibility index (Phi) is 6.29. The average molecular weight is 394 g/mol. The molecule has 1 amide bonds. The van der Waals surface area contributed by atoms with Crippen molar-refractivity contribution in [1.29, 1.82) is 0 Å². The Bertz CT molecular complexity index is 966. The molecule has 2 aromatic carbocycles. The molecule has 7 heteroatoms.